The van der Waals surface area contributed by atoms with Gasteiger partial charge in [-0.05, 0) is 17.7 Å². The maximum atomic E-state index is 11.8. The van der Waals surface area contributed by atoms with Gasteiger partial charge in [-0.25, -0.2) is 18.1 Å². The van der Waals surface area contributed by atoms with Crippen molar-refractivity contribution in [1.82, 2.24) is 9.71 Å². The van der Waals surface area contributed by atoms with Crippen molar-refractivity contribution in [3.05, 3.63) is 51.4 Å². The lowest BCUT2D eigenvalue weighted by molar-refractivity contribution is 0.580. The minimum absolute atomic E-state index is 0.0600. The number of hydrogen-bond donors (Lipinski definition) is 1. The van der Waals surface area contributed by atoms with Crippen molar-refractivity contribution in [2.24, 2.45) is 0 Å². The van der Waals surface area contributed by atoms with E-state index in [1.165, 1.54) is 11.3 Å². The van der Waals surface area contributed by atoms with Crippen molar-refractivity contribution in [3.8, 4) is 0 Å². The maximum Gasteiger partial charge on any atom is 0.216 e. The third-order valence-corrected chi connectivity index (χ3v) is 4.53. The number of hydrogen-bond acceptors (Lipinski definition) is 4. The van der Waals surface area contributed by atoms with Crippen LogP contribution in [0.4, 0.5) is 0 Å². The van der Waals surface area contributed by atoms with Crippen LogP contribution in [0.2, 0.25) is 5.02 Å². The molecule has 0 bridgehead atoms. The maximum absolute atomic E-state index is 11.8. The van der Waals surface area contributed by atoms with E-state index in [2.05, 4.69) is 9.71 Å². The second-order valence-corrected chi connectivity index (χ2v) is 6.85. The fraction of sp³-hybridized carbons (Fsp3) is 0.182. The summed E-state index contributed by atoms with van der Waals surface area (Å²) in [6.07, 6.45) is 1.65. The highest BCUT2D eigenvalue weighted by Gasteiger charge is 2.11. The second-order valence-electron chi connectivity index (χ2n) is 3.63. The number of aromatic nitrogens is 1. The highest BCUT2D eigenvalue weighted by Crippen LogP contribution is 2.12. The van der Waals surface area contributed by atoms with Crippen LogP contribution in [-0.2, 0) is 22.3 Å². The lowest BCUT2D eigenvalue weighted by Gasteiger charge is -2.05. The van der Waals surface area contributed by atoms with E-state index in [9.17, 15) is 8.42 Å². The van der Waals surface area contributed by atoms with Crippen LogP contribution in [0.1, 0.15) is 10.6 Å². The van der Waals surface area contributed by atoms with Gasteiger partial charge in [0.15, 0.2) is 0 Å². The minimum Gasteiger partial charge on any atom is -0.248 e. The molecule has 7 heteroatoms. The number of nitrogens with one attached hydrogen (secondary N) is 1. The van der Waals surface area contributed by atoms with Crippen LogP contribution >= 0.6 is 22.9 Å². The number of thiazole rings is 1. The molecule has 4 nitrogen and oxygen atoms in total. The SMILES string of the molecule is O=S(=O)(Cc1ccc(Cl)cc1)NCc1nccs1. The fourth-order valence-corrected chi connectivity index (χ4v) is 3.23. The standard InChI is InChI=1S/C11H11ClN2O2S2/c12-10-3-1-9(2-4-10)8-18(15,16)14-7-11-13-5-6-17-11/h1-6,14H,7-8H2. The average Bonchev–Trinajstić information content (AvgIpc) is 2.83. The minimum atomic E-state index is -3.35. The fourth-order valence-electron chi connectivity index (χ4n) is 1.36. The molecule has 0 fully saturated rings. The molecule has 0 amide bonds. The van der Waals surface area contributed by atoms with Crippen LogP contribution in [0.15, 0.2) is 35.8 Å². The van der Waals surface area contributed by atoms with Crippen molar-refractivity contribution >= 4 is 33.0 Å². The number of rotatable bonds is 5. The average molecular weight is 303 g/mol. The van der Waals surface area contributed by atoms with E-state index in [1.54, 1.807) is 30.5 Å². The highest BCUT2D eigenvalue weighted by atomic mass is 35.5. The number of halogens is 1. The quantitative estimate of drug-likeness (QED) is 0.923. The van der Waals surface area contributed by atoms with Gasteiger partial charge in [-0.3, -0.25) is 0 Å². The Morgan fingerprint density at radius 3 is 2.61 bits per heavy atom. The normalized spacial score (nSPS) is 11.6. The Labute approximate surface area is 115 Å². The summed E-state index contributed by atoms with van der Waals surface area (Å²) >= 11 is 7.16. The van der Waals surface area contributed by atoms with Crippen molar-refractivity contribution < 1.29 is 8.42 Å². The molecule has 18 heavy (non-hydrogen) atoms. The molecule has 2 rings (SSSR count). The van der Waals surface area contributed by atoms with Crippen molar-refractivity contribution in [1.29, 1.82) is 0 Å². The van der Waals surface area contributed by atoms with Crippen LogP contribution in [0.25, 0.3) is 0 Å². The first-order valence-electron chi connectivity index (χ1n) is 5.15. The van der Waals surface area contributed by atoms with Crippen LogP contribution in [0.3, 0.4) is 0 Å². The van der Waals surface area contributed by atoms with E-state index in [1.807, 2.05) is 5.38 Å². The number of nitrogens with zero attached hydrogens (tertiary/aromatic N) is 1. The van der Waals surface area contributed by atoms with Gasteiger partial charge in [0.1, 0.15) is 5.01 Å². The summed E-state index contributed by atoms with van der Waals surface area (Å²) < 4.78 is 26.1. The molecule has 1 N–H and O–H groups in total. The smallest absolute Gasteiger partial charge is 0.216 e. The molecule has 0 saturated heterocycles. The highest BCUT2D eigenvalue weighted by molar-refractivity contribution is 7.88. The molecule has 96 valence electrons. The Morgan fingerprint density at radius 1 is 1.28 bits per heavy atom. The van der Waals surface area contributed by atoms with Crippen molar-refractivity contribution in [2.45, 2.75) is 12.3 Å². The van der Waals surface area contributed by atoms with E-state index in [4.69, 9.17) is 11.6 Å². The molecule has 0 radical (unpaired) electrons. The molecule has 0 unspecified atom stereocenters. The molecule has 0 atom stereocenters. The predicted octanol–water partition coefficient (Wildman–Crippen LogP) is 2.42. The van der Waals surface area contributed by atoms with Gasteiger partial charge in [0.25, 0.3) is 0 Å². The molecule has 0 saturated carbocycles. The van der Waals surface area contributed by atoms with E-state index in [0.29, 0.717) is 10.6 Å². The zero-order chi connectivity index (χ0) is 13.0. The molecule has 1 aromatic heterocycles. The summed E-state index contributed by atoms with van der Waals surface area (Å²) in [6, 6.07) is 6.75. The van der Waals surface area contributed by atoms with Crippen LogP contribution in [-0.4, -0.2) is 13.4 Å². The van der Waals surface area contributed by atoms with Gasteiger partial charge in [0.05, 0.1) is 12.3 Å². The van der Waals surface area contributed by atoms with E-state index < -0.39 is 10.0 Å². The van der Waals surface area contributed by atoms with Gasteiger partial charge >= 0.3 is 0 Å². The molecule has 2 aromatic rings. The summed E-state index contributed by atoms with van der Waals surface area (Å²) in [4.78, 5) is 4.01. The van der Waals surface area contributed by atoms with Crippen molar-refractivity contribution in [2.75, 3.05) is 0 Å². The Kier molecular flexibility index (Phi) is 4.34. The summed E-state index contributed by atoms with van der Waals surface area (Å²) in [5.74, 6) is -0.0600. The lowest BCUT2D eigenvalue weighted by atomic mass is 10.2. The number of sulfonamides is 1. The van der Waals surface area contributed by atoms with E-state index in [0.717, 1.165) is 5.01 Å². The van der Waals surface area contributed by atoms with Gasteiger partial charge in [-0.2, -0.15) is 0 Å². The first-order chi connectivity index (χ1) is 8.55. The van der Waals surface area contributed by atoms with Crippen LogP contribution < -0.4 is 4.72 Å². The largest absolute Gasteiger partial charge is 0.248 e. The summed E-state index contributed by atoms with van der Waals surface area (Å²) in [5.41, 5.74) is 0.700. The first-order valence-corrected chi connectivity index (χ1v) is 8.06. The van der Waals surface area contributed by atoms with Gasteiger partial charge in [-0.1, -0.05) is 23.7 Å². The van der Waals surface area contributed by atoms with Crippen LogP contribution in [0.5, 0.6) is 0 Å². The van der Waals surface area contributed by atoms with Crippen molar-refractivity contribution in [3.63, 3.8) is 0 Å². The van der Waals surface area contributed by atoms with Gasteiger partial charge < -0.3 is 0 Å². The number of benzene rings is 1. The Bertz CT molecular complexity index is 594. The molecular weight excluding hydrogens is 292 g/mol. The molecule has 0 aliphatic carbocycles. The second kappa shape index (κ2) is 5.79. The first kappa shape index (κ1) is 13.5. The molecular formula is C11H11ClN2O2S2. The predicted molar refractivity (Wildman–Crippen MR) is 73.0 cm³/mol. The Balaban J connectivity index is 1.97. The third-order valence-electron chi connectivity index (χ3n) is 2.20. The summed E-state index contributed by atoms with van der Waals surface area (Å²) in [6.45, 7) is 0.230. The summed E-state index contributed by atoms with van der Waals surface area (Å²) in [5, 5.41) is 3.14. The van der Waals surface area contributed by atoms with E-state index in [-0.39, 0.29) is 12.3 Å². The zero-order valence-corrected chi connectivity index (χ0v) is 11.7. The van der Waals surface area contributed by atoms with Gasteiger partial charge in [-0.15, -0.1) is 11.3 Å². The summed E-state index contributed by atoms with van der Waals surface area (Å²) in [7, 11) is -3.35. The molecule has 1 heterocycles. The monoisotopic (exact) mass is 302 g/mol. The molecule has 1 aromatic carbocycles. The van der Waals surface area contributed by atoms with Crippen LogP contribution in [0, 0.1) is 0 Å². The lowest BCUT2D eigenvalue weighted by Crippen LogP contribution is -2.24. The Hall–Kier alpha value is -0.950. The molecule has 0 aliphatic rings. The Morgan fingerprint density at radius 2 is 2.00 bits per heavy atom. The topological polar surface area (TPSA) is 59.1 Å². The van der Waals surface area contributed by atoms with Gasteiger partial charge in [0.2, 0.25) is 10.0 Å². The zero-order valence-electron chi connectivity index (χ0n) is 9.34. The molecule has 0 spiro atoms. The van der Waals surface area contributed by atoms with E-state index >= 15 is 0 Å². The molecule has 0 aliphatic heterocycles. The third kappa shape index (κ3) is 4.06. The van der Waals surface area contributed by atoms with Gasteiger partial charge in [0, 0.05) is 16.6 Å².